The second-order valence-electron chi connectivity index (χ2n) is 9.48. The molecule has 0 bridgehead atoms. The van der Waals surface area contributed by atoms with Crippen molar-refractivity contribution in [3.8, 4) is 0 Å². The highest BCUT2D eigenvalue weighted by molar-refractivity contribution is 5.93. The Labute approximate surface area is 146 Å². The highest BCUT2D eigenvalue weighted by Crippen LogP contribution is 2.65. The molecule has 4 fully saturated rings. The SMILES string of the molecule is C[C@]12CCCC[C@H]1CC[C@@H]1[C@@H]2CC[C@]2(C)C(=NNC(=N)N)CC[C@@H]12. The smallest absolute Gasteiger partial charge is 0.206 e. The Balaban J connectivity index is 1.59. The summed E-state index contributed by atoms with van der Waals surface area (Å²) in [6.07, 6.45) is 13.8. The maximum atomic E-state index is 7.39. The molecule has 0 radical (unpaired) electrons. The molecule has 4 saturated carbocycles. The lowest BCUT2D eigenvalue weighted by Gasteiger charge is -2.59. The van der Waals surface area contributed by atoms with Crippen LogP contribution in [0.2, 0.25) is 0 Å². The Morgan fingerprint density at radius 3 is 2.71 bits per heavy atom. The van der Waals surface area contributed by atoms with Crippen molar-refractivity contribution in [3.05, 3.63) is 0 Å². The van der Waals surface area contributed by atoms with Gasteiger partial charge >= 0.3 is 0 Å². The lowest BCUT2D eigenvalue weighted by molar-refractivity contribution is -0.0936. The van der Waals surface area contributed by atoms with Gasteiger partial charge in [0.15, 0.2) is 0 Å². The zero-order chi connectivity index (χ0) is 16.9. The number of guanidine groups is 1. The highest BCUT2D eigenvalue weighted by atomic mass is 15.3. The molecule has 134 valence electrons. The highest BCUT2D eigenvalue weighted by Gasteiger charge is 2.58. The van der Waals surface area contributed by atoms with E-state index in [0.717, 1.165) is 30.1 Å². The van der Waals surface area contributed by atoms with Crippen LogP contribution in [0.15, 0.2) is 5.10 Å². The molecule has 4 N–H and O–H groups in total. The van der Waals surface area contributed by atoms with Crippen LogP contribution >= 0.6 is 0 Å². The van der Waals surface area contributed by atoms with Crippen molar-refractivity contribution in [3.63, 3.8) is 0 Å². The third-order valence-corrected chi connectivity index (χ3v) is 8.64. The molecular weight excluding hydrogens is 296 g/mol. The van der Waals surface area contributed by atoms with Gasteiger partial charge < -0.3 is 5.73 Å². The van der Waals surface area contributed by atoms with Gasteiger partial charge in [0.2, 0.25) is 5.96 Å². The van der Waals surface area contributed by atoms with Crippen LogP contribution < -0.4 is 11.2 Å². The van der Waals surface area contributed by atoms with Gasteiger partial charge in [-0.1, -0.05) is 26.7 Å². The van der Waals surface area contributed by atoms with Gasteiger partial charge in [0.1, 0.15) is 0 Å². The summed E-state index contributed by atoms with van der Waals surface area (Å²) < 4.78 is 0. The number of fused-ring (bicyclic) bond motifs is 5. The molecule has 0 heterocycles. The average molecular weight is 331 g/mol. The fourth-order valence-corrected chi connectivity index (χ4v) is 7.40. The van der Waals surface area contributed by atoms with Gasteiger partial charge in [-0.3, -0.25) is 5.41 Å². The van der Waals surface area contributed by atoms with Crippen LogP contribution in [0.3, 0.4) is 0 Å². The summed E-state index contributed by atoms with van der Waals surface area (Å²) in [4.78, 5) is 0. The van der Waals surface area contributed by atoms with Crippen molar-refractivity contribution in [2.45, 2.75) is 78.1 Å². The van der Waals surface area contributed by atoms with Crippen molar-refractivity contribution in [1.29, 1.82) is 5.41 Å². The van der Waals surface area contributed by atoms with E-state index in [0.29, 0.717) is 5.41 Å². The number of nitrogens with one attached hydrogen (secondary N) is 2. The van der Waals surface area contributed by atoms with E-state index in [4.69, 9.17) is 11.1 Å². The van der Waals surface area contributed by atoms with Crippen LogP contribution in [-0.2, 0) is 0 Å². The topological polar surface area (TPSA) is 74.3 Å². The number of hydrogen-bond acceptors (Lipinski definition) is 2. The standard InChI is InChI=1S/C20H34N4/c1-19-11-4-3-5-13(19)6-7-14-15-8-9-17(23-24-18(21)22)20(15,2)12-10-16(14)19/h13-16H,3-12H2,1-2H3,(H4,21,22,24)/t13-,14-,15-,16-,19-,20-/m0/s1. The maximum Gasteiger partial charge on any atom is 0.206 e. The summed E-state index contributed by atoms with van der Waals surface area (Å²) >= 11 is 0. The Morgan fingerprint density at radius 2 is 1.92 bits per heavy atom. The number of nitrogens with two attached hydrogens (primary N) is 1. The van der Waals surface area contributed by atoms with E-state index in [9.17, 15) is 0 Å². The van der Waals surface area contributed by atoms with E-state index >= 15 is 0 Å². The van der Waals surface area contributed by atoms with Crippen LogP contribution in [-0.4, -0.2) is 11.7 Å². The quantitative estimate of drug-likeness (QED) is 0.382. The molecule has 6 atom stereocenters. The third kappa shape index (κ3) is 2.32. The molecule has 4 rings (SSSR count). The molecule has 0 aromatic rings. The molecule has 4 aliphatic rings. The number of rotatable bonds is 1. The fraction of sp³-hybridized carbons (Fsp3) is 0.900. The van der Waals surface area contributed by atoms with Crippen molar-refractivity contribution in [1.82, 2.24) is 5.43 Å². The van der Waals surface area contributed by atoms with E-state index in [1.165, 1.54) is 63.5 Å². The summed E-state index contributed by atoms with van der Waals surface area (Å²) in [7, 11) is 0. The predicted molar refractivity (Wildman–Crippen MR) is 98.8 cm³/mol. The van der Waals surface area contributed by atoms with E-state index < -0.39 is 0 Å². The minimum atomic E-state index is -0.0431. The van der Waals surface area contributed by atoms with Crippen molar-refractivity contribution in [2.24, 2.45) is 45.3 Å². The van der Waals surface area contributed by atoms with Crippen LogP contribution in [0.4, 0.5) is 0 Å². The molecule has 4 heteroatoms. The Bertz CT molecular complexity index is 556. The normalized spacial score (nSPS) is 49.2. The van der Waals surface area contributed by atoms with E-state index in [2.05, 4.69) is 24.4 Å². The minimum Gasteiger partial charge on any atom is -0.369 e. The predicted octanol–water partition coefficient (Wildman–Crippen LogP) is 4.26. The Kier molecular flexibility index (Phi) is 3.92. The first kappa shape index (κ1) is 16.4. The van der Waals surface area contributed by atoms with Crippen LogP contribution in [0, 0.1) is 39.9 Å². The molecule has 0 unspecified atom stereocenters. The summed E-state index contributed by atoms with van der Waals surface area (Å²) in [6.45, 7) is 5.08. The van der Waals surface area contributed by atoms with Gasteiger partial charge in [-0.25, -0.2) is 5.43 Å². The summed E-state index contributed by atoms with van der Waals surface area (Å²) in [5.41, 5.74) is 10.3. The Morgan fingerprint density at radius 1 is 1.08 bits per heavy atom. The zero-order valence-corrected chi connectivity index (χ0v) is 15.4. The molecular formula is C20H34N4. The molecule has 0 aromatic heterocycles. The first-order valence-electron chi connectivity index (χ1n) is 10.1. The van der Waals surface area contributed by atoms with Crippen molar-refractivity contribution >= 4 is 11.7 Å². The van der Waals surface area contributed by atoms with E-state index in [1.54, 1.807) is 0 Å². The van der Waals surface area contributed by atoms with Crippen LogP contribution in [0.5, 0.6) is 0 Å². The monoisotopic (exact) mass is 330 g/mol. The van der Waals surface area contributed by atoms with Crippen molar-refractivity contribution in [2.75, 3.05) is 0 Å². The molecule has 0 aliphatic heterocycles. The van der Waals surface area contributed by atoms with Gasteiger partial charge in [-0.05, 0) is 80.5 Å². The first-order valence-corrected chi connectivity index (χ1v) is 10.1. The molecule has 0 amide bonds. The largest absolute Gasteiger partial charge is 0.369 e. The number of hydrazone groups is 1. The van der Waals surface area contributed by atoms with Crippen LogP contribution in [0.1, 0.15) is 78.1 Å². The molecule has 4 aliphatic carbocycles. The third-order valence-electron chi connectivity index (χ3n) is 8.64. The summed E-state index contributed by atoms with van der Waals surface area (Å²) in [5, 5.41) is 11.9. The molecule has 24 heavy (non-hydrogen) atoms. The van der Waals surface area contributed by atoms with E-state index in [1.807, 2.05) is 0 Å². The zero-order valence-electron chi connectivity index (χ0n) is 15.4. The van der Waals surface area contributed by atoms with Gasteiger partial charge in [-0.15, -0.1) is 0 Å². The van der Waals surface area contributed by atoms with Gasteiger partial charge in [0.05, 0.1) is 0 Å². The first-order chi connectivity index (χ1) is 11.4. The Hall–Kier alpha value is -1.06. The second kappa shape index (κ2) is 5.74. The molecule has 0 aromatic carbocycles. The summed E-state index contributed by atoms with van der Waals surface area (Å²) in [6, 6.07) is 0. The summed E-state index contributed by atoms with van der Waals surface area (Å²) in [5.74, 6) is 3.58. The van der Waals surface area contributed by atoms with Gasteiger partial charge in [-0.2, -0.15) is 5.10 Å². The minimum absolute atomic E-state index is 0.0431. The number of nitrogens with zero attached hydrogens (tertiary/aromatic N) is 1. The average Bonchev–Trinajstić information content (AvgIpc) is 2.89. The van der Waals surface area contributed by atoms with Crippen LogP contribution in [0.25, 0.3) is 0 Å². The molecule has 4 nitrogen and oxygen atoms in total. The lowest BCUT2D eigenvalue weighted by Crippen LogP contribution is -2.52. The molecule has 0 spiro atoms. The van der Waals surface area contributed by atoms with E-state index in [-0.39, 0.29) is 11.4 Å². The second-order valence-corrected chi connectivity index (χ2v) is 9.48. The maximum absolute atomic E-state index is 7.39. The van der Waals surface area contributed by atoms with Crippen molar-refractivity contribution < 1.29 is 0 Å². The van der Waals surface area contributed by atoms with Gasteiger partial charge in [0.25, 0.3) is 0 Å². The number of hydrogen-bond donors (Lipinski definition) is 3. The lowest BCUT2D eigenvalue weighted by atomic mass is 9.45. The van der Waals surface area contributed by atoms with Gasteiger partial charge in [0, 0.05) is 11.1 Å². The molecule has 0 saturated heterocycles. The fourth-order valence-electron chi connectivity index (χ4n) is 7.40.